The standard InChI is InChI=1S/C12H17ClN2S/c1-10-7-11(9-13)8-12(14-10)15-3-2-5-16-6-4-15/h7-8H,2-6,9H2,1H3. The minimum Gasteiger partial charge on any atom is -0.356 e. The van der Waals surface area contributed by atoms with E-state index in [9.17, 15) is 0 Å². The minimum atomic E-state index is 0.568. The van der Waals surface area contributed by atoms with E-state index in [0.717, 1.165) is 24.6 Å². The zero-order chi connectivity index (χ0) is 11.4. The Hall–Kier alpha value is -0.410. The molecule has 0 amide bonds. The molecule has 2 heterocycles. The summed E-state index contributed by atoms with van der Waals surface area (Å²) in [5.41, 5.74) is 2.23. The van der Waals surface area contributed by atoms with Gasteiger partial charge in [0.25, 0.3) is 0 Å². The van der Waals surface area contributed by atoms with E-state index in [2.05, 4.69) is 22.0 Å². The molecular weight excluding hydrogens is 240 g/mol. The van der Waals surface area contributed by atoms with E-state index in [1.54, 1.807) is 0 Å². The molecule has 0 saturated carbocycles. The molecule has 0 unspecified atom stereocenters. The quantitative estimate of drug-likeness (QED) is 0.757. The Balaban J connectivity index is 2.20. The Morgan fingerprint density at radius 1 is 1.38 bits per heavy atom. The summed E-state index contributed by atoms with van der Waals surface area (Å²) in [5.74, 6) is 4.13. The zero-order valence-corrected chi connectivity index (χ0v) is 11.2. The Kier molecular flexibility index (Phi) is 4.36. The molecule has 0 N–H and O–H groups in total. The number of aromatic nitrogens is 1. The predicted octanol–water partition coefficient (Wildman–Crippen LogP) is 3.07. The molecule has 1 aliphatic rings. The van der Waals surface area contributed by atoms with Crippen LogP contribution >= 0.6 is 23.4 Å². The van der Waals surface area contributed by atoms with Crippen molar-refractivity contribution < 1.29 is 0 Å². The number of pyridine rings is 1. The number of nitrogens with zero attached hydrogens (tertiary/aromatic N) is 2. The molecule has 0 aromatic carbocycles. The molecule has 0 spiro atoms. The van der Waals surface area contributed by atoms with Crippen LogP contribution in [0.4, 0.5) is 5.82 Å². The molecule has 0 radical (unpaired) electrons. The molecule has 16 heavy (non-hydrogen) atoms. The van der Waals surface area contributed by atoms with Gasteiger partial charge in [-0.1, -0.05) is 0 Å². The summed E-state index contributed by atoms with van der Waals surface area (Å²) in [7, 11) is 0. The molecule has 1 saturated heterocycles. The van der Waals surface area contributed by atoms with Gasteiger partial charge in [0.05, 0.1) is 0 Å². The van der Waals surface area contributed by atoms with Gasteiger partial charge in [-0.25, -0.2) is 4.98 Å². The van der Waals surface area contributed by atoms with Gasteiger partial charge < -0.3 is 4.90 Å². The Labute approximate surface area is 106 Å². The summed E-state index contributed by atoms with van der Waals surface area (Å²) < 4.78 is 0. The van der Waals surface area contributed by atoms with Gasteiger partial charge >= 0.3 is 0 Å². The van der Waals surface area contributed by atoms with Crippen LogP contribution in [0.2, 0.25) is 0 Å². The molecule has 1 aromatic heterocycles. The molecular formula is C12H17ClN2S. The van der Waals surface area contributed by atoms with E-state index in [4.69, 9.17) is 11.6 Å². The highest BCUT2D eigenvalue weighted by molar-refractivity contribution is 7.99. The van der Waals surface area contributed by atoms with Gasteiger partial charge in [-0.3, -0.25) is 0 Å². The molecule has 1 aromatic rings. The molecule has 2 nitrogen and oxygen atoms in total. The van der Waals surface area contributed by atoms with Gasteiger partial charge in [0.1, 0.15) is 5.82 Å². The van der Waals surface area contributed by atoms with Crippen molar-refractivity contribution in [2.24, 2.45) is 0 Å². The lowest BCUT2D eigenvalue weighted by atomic mass is 10.2. The van der Waals surface area contributed by atoms with Crippen molar-refractivity contribution in [1.29, 1.82) is 0 Å². The van der Waals surface area contributed by atoms with Crippen LogP contribution in [0.1, 0.15) is 17.7 Å². The zero-order valence-electron chi connectivity index (χ0n) is 9.58. The molecule has 1 aliphatic heterocycles. The van der Waals surface area contributed by atoms with Gasteiger partial charge in [0, 0.05) is 30.4 Å². The van der Waals surface area contributed by atoms with Gasteiger partial charge in [-0.05, 0) is 36.8 Å². The summed E-state index contributed by atoms with van der Waals surface area (Å²) in [4.78, 5) is 6.98. The molecule has 4 heteroatoms. The van der Waals surface area contributed by atoms with E-state index >= 15 is 0 Å². The molecule has 1 fully saturated rings. The second-order valence-corrected chi connectivity index (χ2v) is 5.55. The maximum Gasteiger partial charge on any atom is 0.129 e. The fourth-order valence-electron chi connectivity index (χ4n) is 1.94. The number of alkyl halides is 1. The van der Waals surface area contributed by atoms with E-state index in [0.29, 0.717) is 5.88 Å². The number of halogens is 1. The normalized spacial score (nSPS) is 17.2. The second-order valence-electron chi connectivity index (χ2n) is 4.06. The fourth-order valence-corrected chi connectivity index (χ4v) is 2.98. The third-order valence-electron chi connectivity index (χ3n) is 2.70. The smallest absolute Gasteiger partial charge is 0.129 e. The predicted molar refractivity (Wildman–Crippen MR) is 72.7 cm³/mol. The fraction of sp³-hybridized carbons (Fsp3) is 0.583. The van der Waals surface area contributed by atoms with Gasteiger partial charge in [0.2, 0.25) is 0 Å². The molecule has 0 bridgehead atoms. The summed E-state index contributed by atoms with van der Waals surface area (Å²) in [6.45, 7) is 4.25. The van der Waals surface area contributed by atoms with Gasteiger partial charge in [-0.2, -0.15) is 11.8 Å². The van der Waals surface area contributed by atoms with Crippen molar-refractivity contribution in [3.8, 4) is 0 Å². The van der Waals surface area contributed by atoms with E-state index in [-0.39, 0.29) is 0 Å². The second kappa shape index (κ2) is 5.78. The maximum absolute atomic E-state index is 5.89. The highest BCUT2D eigenvalue weighted by Gasteiger charge is 2.12. The molecule has 0 aliphatic carbocycles. The number of aryl methyl sites for hydroxylation is 1. The van der Waals surface area contributed by atoms with Crippen LogP contribution in [0.25, 0.3) is 0 Å². The third kappa shape index (κ3) is 3.05. The van der Waals surface area contributed by atoms with Gasteiger partial charge in [-0.15, -0.1) is 11.6 Å². The SMILES string of the molecule is Cc1cc(CCl)cc(N2CCCSCC2)n1. The lowest BCUT2D eigenvalue weighted by Crippen LogP contribution is -2.26. The molecule has 2 rings (SSSR count). The van der Waals surface area contributed by atoms with Crippen LogP contribution < -0.4 is 4.90 Å². The van der Waals surface area contributed by atoms with Crippen molar-refractivity contribution in [3.63, 3.8) is 0 Å². The topological polar surface area (TPSA) is 16.1 Å². The first-order chi connectivity index (χ1) is 7.79. The first-order valence-electron chi connectivity index (χ1n) is 5.66. The number of anilines is 1. The largest absolute Gasteiger partial charge is 0.356 e. The average molecular weight is 257 g/mol. The van der Waals surface area contributed by atoms with Crippen molar-refractivity contribution >= 4 is 29.2 Å². The summed E-state index contributed by atoms with van der Waals surface area (Å²) >= 11 is 7.92. The van der Waals surface area contributed by atoms with Crippen LogP contribution in [-0.2, 0) is 5.88 Å². The maximum atomic E-state index is 5.89. The van der Waals surface area contributed by atoms with Crippen molar-refractivity contribution in [2.45, 2.75) is 19.2 Å². The third-order valence-corrected chi connectivity index (χ3v) is 4.06. The number of rotatable bonds is 2. The average Bonchev–Trinajstić information content (AvgIpc) is 2.56. The summed E-state index contributed by atoms with van der Waals surface area (Å²) in [5, 5.41) is 0. The Bertz CT molecular complexity index is 349. The van der Waals surface area contributed by atoms with Crippen molar-refractivity contribution in [3.05, 3.63) is 23.4 Å². The summed E-state index contributed by atoms with van der Waals surface area (Å²) in [6, 6.07) is 4.18. The van der Waals surface area contributed by atoms with Gasteiger partial charge in [0.15, 0.2) is 0 Å². The monoisotopic (exact) mass is 256 g/mol. The first-order valence-corrected chi connectivity index (χ1v) is 7.35. The molecule has 0 atom stereocenters. The van der Waals surface area contributed by atoms with Crippen LogP contribution in [0, 0.1) is 6.92 Å². The van der Waals surface area contributed by atoms with E-state index < -0.39 is 0 Å². The minimum absolute atomic E-state index is 0.568. The van der Waals surface area contributed by atoms with Crippen LogP contribution in [-0.4, -0.2) is 29.6 Å². The van der Waals surface area contributed by atoms with Crippen molar-refractivity contribution in [2.75, 3.05) is 29.5 Å². The van der Waals surface area contributed by atoms with E-state index in [1.165, 1.54) is 23.5 Å². The molecule has 88 valence electrons. The highest BCUT2D eigenvalue weighted by atomic mass is 35.5. The Morgan fingerprint density at radius 2 is 2.25 bits per heavy atom. The Morgan fingerprint density at radius 3 is 3.06 bits per heavy atom. The van der Waals surface area contributed by atoms with Crippen molar-refractivity contribution in [1.82, 2.24) is 4.98 Å². The number of hydrogen-bond donors (Lipinski definition) is 0. The number of hydrogen-bond acceptors (Lipinski definition) is 3. The first kappa shape index (κ1) is 12.1. The number of thioether (sulfide) groups is 1. The lowest BCUT2D eigenvalue weighted by Gasteiger charge is -2.22. The lowest BCUT2D eigenvalue weighted by molar-refractivity contribution is 0.798. The van der Waals surface area contributed by atoms with Crippen LogP contribution in [0.5, 0.6) is 0 Å². The van der Waals surface area contributed by atoms with Crippen LogP contribution in [0.15, 0.2) is 12.1 Å². The van der Waals surface area contributed by atoms with E-state index in [1.807, 2.05) is 18.7 Å². The summed E-state index contributed by atoms with van der Waals surface area (Å²) in [6.07, 6.45) is 1.25. The highest BCUT2D eigenvalue weighted by Crippen LogP contribution is 2.20. The van der Waals surface area contributed by atoms with Crippen LogP contribution in [0.3, 0.4) is 0 Å².